The molecule has 5 aromatic rings. The van der Waals surface area contributed by atoms with Gasteiger partial charge in [-0.2, -0.15) is 5.10 Å². The number of aryl methyl sites for hydroxylation is 3. The summed E-state index contributed by atoms with van der Waals surface area (Å²) in [4.78, 5) is 61.4. The van der Waals surface area contributed by atoms with E-state index < -0.39 is 64.3 Å². The van der Waals surface area contributed by atoms with Gasteiger partial charge in [0.25, 0.3) is 0 Å². The molecule has 2 aromatic heterocycles. The SMILES string of the molecule is Cc1ccc(N2C(=O)C3CC=C4C(CC5C(=O)N(c6cc(-c7sc8ccc(Cl)cc8c7C)nn6C)C(=O)C5(C)C4c4ccc(O)c(F)c4)C3C2=O)cc1Cl. The van der Waals surface area contributed by atoms with E-state index in [1.54, 1.807) is 44.3 Å². The highest BCUT2D eigenvalue weighted by atomic mass is 35.5. The Balaban J connectivity index is 1.15. The van der Waals surface area contributed by atoms with E-state index >= 15 is 9.18 Å². The van der Waals surface area contributed by atoms with E-state index in [0.717, 1.165) is 26.1 Å². The lowest BCUT2D eigenvalue weighted by Crippen LogP contribution is -2.49. The minimum Gasteiger partial charge on any atom is -0.505 e. The number of hydrogen-bond acceptors (Lipinski definition) is 7. The molecule has 2 aliphatic heterocycles. The maximum absolute atomic E-state index is 15.2. The van der Waals surface area contributed by atoms with Crippen molar-refractivity contribution in [1.29, 1.82) is 0 Å². The van der Waals surface area contributed by atoms with Crippen molar-refractivity contribution in [3.8, 4) is 16.3 Å². The second-order valence-corrected chi connectivity index (χ2v) is 16.9. The summed E-state index contributed by atoms with van der Waals surface area (Å²) in [5, 5.41) is 16.9. The average molecular weight is 784 g/mol. The van der Waals surface area contributed by atoms with Crippen LogP contribution >= 0.6 is 34.5 Å². The number of phenols is 1. The van der Waals surface area contributed by atoms with E-state index in [2.05, 4.69) is 0 Å². The Hall–Kier alpha value is -4.84. The monoisotopic (exact) mass is 782 g/mol. The molecule has 2 aliphatic carbocycles. The van der Waals surface area contributed by atoms with Crippen LogP contribution < -0.4 is 9.80 Å². The number of rotatable bonds is 4. The summed E-state index contributed by atoms with van der Waals surface area (Å²) in [6.07, 6.45) is 2.26. The third kappa shape index (κ3) is 4.77. The highest BCUT2D eigenvalue weighted by molar-refractivity contribution is 7.22. The molecule has 4 aliphatic rings. The number of phenolic OH excluding ortho intramolecular Hbond substituents is 1. The lowest BCUT2D eigenvalue weighted by molar-refractivity contribution is -0.131. The number of thiophene rings is 1. The summed E-state index contributed by atoms with van der Waals surface area (Å²) in [5.74, 6) is -6.68. The van der Waals surface area contributed by atoms with Gasteiger partial charge in [0.15, 0.2) is 11.6 Å². The molecule has 0 spiro atoms. The van der Waals surface area contributed by atoms with E-state index in [1.165, 1.54) is 38.0 Å². The number of carbonyl (C=O) groups excluding carboxylic acids is 4. The lowest BCUT2D eigenvalue weighted by Gasteiger charge is -2.49. The Morgan fingerprint density at radius 2 is 1.70 bits per heavy atom. The molecule has 54 heavy (non-hydrogen) atoms. The van der Waals surface area contributed by atoms with Crippen molar-refractivity contribution in [2.75, 3.05) is 9.80 Å². The summed E-state index contributed by atoms with van der Waals surface area (Å²) >= 11 is 14.3. The van der Waals surface area contributed by atoms with Crippen molar-refractivity contribution in [3.63, 3.8) is 0 Å². The lowest BCUT2D eigenvalue weighted by atomic mass is 9.51. The Bertz CT molecular complexity index is 2560. The Labute approximate surface area is 323 Å². The molecule has 0 bridgehead atoms. The Kier molecular flexibility index (Phi) is 7.81. The van der Waals surface area contributed by atoms with Gasteiger partial charge in [0.2, 0.25) is 23.6 Å². The Morgan fingerprint density at radius 1 is 0.926 bits per heavy atom. The van der Waals surface area contributed by atoms with E-state index in [9.17, 15) is 19.5 Å². The number of anilines is 2. The van der Waals surface area contributed by atoms with Gasteiger partial charge in [-0.3, -0.25) is 23.9 Å². The predicted octanol–water partition coefficient (Wildman–Crippen LogP) is 8.51. The largest absolute Gasteiger partial charge is 0.505 e. The van der Waals surface area contributed by atoms with Crippen LogP contribution in [0, 0.1) is 48.8 Å². The highest BCUT2D eigenvalue weighted by Crippen LogP contribution is 2.64. The standard InChI is InChI=1S/C41H33Cl2FN4O5S/c1-18-5-8-22(15-28(18)43)47-37(50)24-10-9-23-26(34(24)39(47)52)16-27-38(51)48(40(53)41(27,3)35(23)20-6-11-31(49)29(44)13-20)33-17-30(45-46(33)4)36-19(2)25-14-21(42)7-12-32(25)54-36/h5-9,11-15,17,24,26-27,34-35,49H,10,16H2,1-4H3. The van der Waals surface area contributed by atoms with Crippen molar-refractivity contribution >= 4 is 79.8 Å². The Morgan fingerprint density at radius 3 is 2.44 bits per heavy atom. The molecule has 4 heterocycles. The van der Waals surface area contributed by atoms with E-state index in [-0.39, 0.29) is 24.6 Å². The number of fused-ring (bicyclic) bond motifs is 5. The molecule has 9 rings (SSSR count). The fourth-order valence-electron chi connectivity index (χ4n) is 9.51. The van der Waals surface area contributed by atoms with Crippen LogP contribution in [0.15, 0.2) is 72.3 Å². The van der Waals surface area contributed by atoms with Crippen LogP contribution in [0.1, 0.15) is 42.4 Å². The molecule has 2 saturated heterocycles. The summed E-state index contributed by atoms with van der Waals surface area (Å²) in [7, 11) is 1.68. The molecule has 9 nitrogen and oxygen atoms in total. The molecular formula is C41H33Cl2FN4O5S. The summed E-state index contributed by atoms with van der Waals surface area (Å²) < 4.78 is 17.7. The molecule has 1 N–H and O–H groups in total. The molecule has 6 atom stereocenters. The van der Waals surface area contributed by atoms with E-state index in [0.29, 0.717) is 32.6 Å². The molecule has 274 valence electrons. The van der Waals surface area contributed by atoms with Gasteiger partial charge < -0.3 is 5.11 Å². The number of carbonyl (C=O) groups is 4. The molecule has 6 unspecified atom stereocenters. The summed E-state index contributed by atoms with van der Waals surface area (Å²) in [5.41, 5.74) is 2.43. The molecular weight excluding hydrogens is 750 g/mol. The van der Waals surface area contributed by atoms with Crippen LogP contribution in [0.5, 0.6) is 5.75 Å². The number of benzene rings is 3. The minimum atomic E-state index is -1.40. The first-order valence-corrected chi connectivity index (χ1v) is 19.2. The molecule has 0 radical (unpaired) electrons. The topological polar surface area (TPSA) is 113 Å². The quantitative estimate of drug-likeness (QED) is 0.145. The first-order chi connectivity index (χ1) is 25.7. The molecule has 3 fully saturated rings. The number of imide groups is 2. The van der Waals surface area contributed by atoms with Gasteiger partial charge >= 0.3 is 0 Å². The van der Waals surface area contributed by atoms with Crippen molar-refractivity contribution in [3.05, 3.63) is 105 Å². The van der Waals surface area contributed by atoms with Gasteiger partial charge in [-0.05, 0) is 104 Å². The second-order valence-electron chi connectivity index (χ2n) is 15.0. The van der Waals surface area contributed by atoms with Gasteiger partial charge in [0.1, 0.15) is 11.5 Å². The molecule has 3 aromatic carbocycles. The zero-order chi connectivity index (χ0) is 38.1. The van der Waals surface area contributed by atoms with E-state index in [4.69, 9.17) is 28.3 Å². The maximum Gasteiger partial charge on any atom is 0.242 e. The van der Waals surface area contributed by atoms with Crippen LogP contribution in [-0.4, -0.2) is 38.5 Å². The summed E-state index contributed by atoms with van der Waals surface area (Å²) in [6.45, 7) is 5.54. The van der Waals surface area contributed by atoms with Crippen molar-refractivity contribution in [2.45, 2.75) is 39.5 Å². The van der Waals surface area contributed by atoms with Crippen LogP contribution in [0.4, 0.5) is 15.9 Å². The van der Waals surface area contributed by atoms with Gasteiger partial charge in [0, 0.05) is 33.8 Å². The zero-order valence-corrected chi connectivity index (χ0v) is 31.9. The zero-order valence-electron chi connectivity index (χ0n) is 29.6. The normalized spacial score (nSPS) is 26.4. The number of hydrogen-bond donors (Lipinski definition) is 1. The van der Waals surface area contributed by atoms with Crippen LogP contribution in [-0.2, 0) is 26.2 Å². The van der Waals surface area contributed by atoms with Gasteiger partial charge in [-0.15, -0.1) is 11.3 Å². The van der Waals surface area contributed by atoms with Crippen LogP contribution in [0.3, 0.4) is 0 Å². The number of halogens is 3. The fourth-order valence-corrected chi connectivity index (χ4v) is 11.0. The maximum atomic E-state index is 15.2. The second kappa shape index (κ2) is 12.1. The van der Waals surface area contributed by atoms with Crippen molar-refractivity contribution in [2.24, 2.45) is 36.1 Å². The predicted molar refractivity (Wildman–Crippen MR) is 205 cm³/mol. The first-order valence-electron chi connectivity index (χ1n) is 17.6. The first kappa shape index (κ1) is 34.9. The fraction of sp³-hybridized carbons (Fsp3) is 0.293. The van der Waals surface area contributed by atoms with E-state index in [1.807, 2.05) is 38.1 Å². The van der Waals surface area contributed by atoms with Crippen LogP contribution in [0.25, 0.3) is 20.7 Å². The number of aromatic nitrogens is 2. The number of amides is 4. The molecule has 13 heteroatoms. The average Bonchev–Trinajstić information content (AvgIpc) is 3.81. The number of aromatic hydroxyl groups is 1. The highest BCUT2D eigenvalue weighted by Gasteiger charge is 2.68. The number of nitrogens with zero attached hydrogens (tertiary/aromatic N) is 4. The van der Waals surface area contributed by atoms with Gasteiger partial charge in [-0.25, -0.2) is 14.2 Å². The smallest absolute Gasteiger partial charge is 0.242 e. The minimum absolute atomic E-state index is 0.129. The van der Waals surface area contributed by atoms with Gasteiger partial charge in [0.05, 0.1) is 33.7 Å². The molecule has 4 amide bonds. The van der Waals surface area contributed by atoms with Crippen molar-refractivity contribution in [1.82, 2.24) is 9.78 Å². The van der Waals surface area contributed by atoms with Gasteiger partial charge in [-0.1, -0.05) is 47.0 Å². The third-order valence-corrected chi connectivity index (χ3v) is 14.1. The number of allylic oxidation sites excluding steroid dienone is 2. The third-order valence-electron chi connectivity index (χ3n) is 12.2. The molecule has 1 saturated carbocycles. The summed E-state index contributed by atoms with van der Waals surface area (Å²) in [6, 6.07) is 16.4. The van der Waals surface area contributed by atoms with Crippen LogP contribution in [0.2, 0.25) is 10.0 Å². The van der Waals surface area contributed by atoms with Crippen molar-refractivity contribution < 1.29 is 28.7 Å².